The van der Waals surface area contributed by atoms with Crippen LogP contribution in [-0.4, -0.2) is 19.6 Å². The summed E-state index contributed by atoms with van der Waals surface area (Å²) in [5.41, 5.74) is 3.36. The standard InChI is InChI=1S/C18H29BrN2/c1-4-10-20-13-15-7-8-16(19)12-17(15)21-11-9-18(5-2,6-3)14-21/h7-8,12,20H,4-6,9-11,13-14H2,1-3H3. The van der Waals surface area contributed by atoms with E-state index in [-0.39, 0.29) is 0 Å². The molecular weight excluding hydrogens is 324 g/mol. The first-order valence-electron chi connectivity index (χ1n) is 8.38. The average molecular weight is 353 g/mol. The second-order valence-corrected chi connectivity index (χ2v) is 7.24. The van der Waals surface area contributed by atoms with Crippen LogP contribution in [0.25, 0.3) is 0 Å². The van der Waals surface area contributed by atoms with Crippen molar-refractivity contribution in [3.8, 4) is 0 Å². The fourth-order valence-corrected chi connectivity index (χ4v) is 3.70. The molecule has 0 radical (unpaired) electrons. The molecule has 1 aliphatic heterocycles. The number of nitrogens with one attached hydrogen (secondary N) is 1. The van der Waals surface area contributed by atoms with Crippen LogP contribution in [0.1, 0.15) is 52.0 Å². The van der Waals surface area contributed by atoms with Gasteiger partial charge in [0, 0.05) is 29.8 Å². The number of anilines is 1. The molecule has 2 nitrogen and oxygen atoms in total. The van der Waals surface area contributed by atoms with Crippen LogP contribution in [0.3, 0.4) is 0 Å². The minimum Gasteiger partial charge on any atom is -0.371 e. The van der Waals surface area contributed by atoms with E-state index in [1.54, 1.807) is 0 Å². The van der Waals surface area contributed by atoms with E-state index < -0.39 is 0 Å². The Hall–Kier alpha value is -0.540. The first-order valence-corrected chi connectivity index (χ1v) is 9.17. The van der Waals surface area contributed by atoms with E-state index in [4.69, 9.17) is 0 Å². The normalized spacial score (nSPS) is 17.4. The monoisotopic (exact) mass is 352 g/mol. The summed E-state index contributed by atoms with van der Waals surface area (Å²) in [5, 5.41) is 3.54. The molecule has 0 amide bonds. The summed E-state index contributed by atoms with van der Waals surface area (Å²) >= 11 is 3.64. The van der Waals surface area contributed by atoms with Gasteiger partial charge in [0.05, 0.1) is 0 Å². The summed E-state index contributed by atoms with van der Waals surface area (Å²) in [6.45, 7) is 11.4. The summed E-state index contributed by atoms with van der Waals surface area (Å²) in [6.07, 6.45) is 5.09. The summed E-state index contributed by atoms with van der Waals surface area (Å²) in [6, 6.07) is 6.72. The van der Waals surface area contributed by atoms with E-state index in [0.29, 0.717) is 5.41 Å². The third-order valence-electron chi connectivity index (χ3n) is 5.07. The quantitative estimate of drug-likeness (QED) is 0.697. The highest BCUT2D eigenvalue weighted by Crippen LogP contribution is 2.40. The van der Waals surface area contributed by atoms with Crippen LogP contribution in [0, 0.1) is 5.41 Å². The molecule has 3 heteroatoms. The largest absolute Gasteiger partial charge is 0.371 e. The molecule has 118 valence electrons. The van der Waals surface area contributed by atoms with Crippen molar-refractivity contribution in [3.63, 3.8) is 0 Å². The highest BCUT2D eigenvalue weighted by molar-refractivity contribution is 9.10. The molecule has 0 atom stereocenters. The van der Waals surface area contributed by atoms with Crippen LogP contribution in [0.2, 0.25) is 0 Å². The van der Waals surface area contributed by atoms with Gasteiger partial charge >= 0.3 is 0 Å². The third kappa shape index (κ3) is 4.01. The van der Waals surface area contributed by atoms with Gasteiger partial charge in [-0.25, -0.2) is 0 Å². The van der Waals surface area contributed by atoms with Crippen LogP contribution >= 0.6 is 15.9 Å². The molecular formula is C18H29BrN2. The van der Waals surface area contributed by atoms with Crippen LogP contribution in [0.5, 0.6) is 0 Å². The van der Waals surface area contributed by atoms with E-state index in [0.717, 1.165) is 13.1 Å². The smallest absolute Gasteiger partial charge is 0.0423 e. The fraction of sp³-hybridized carbons (Fsp3) is 0.667. The van der Waals surface area contributed by atoms with E-state index >= 15 is 0 Å². The lowest BCUT2D eigenvalue weighted by Crippen LogP contribution is -2.27. The van der Waals surface area contributed by atoms with Crippen molar-refractivity contribution in [2.45, 2.75) is 53.0 Å². The molecule has 21 heavy (non-hydrogen) atoms. The average Bonchev–Trinajstić information content (AvgIpc) is 2.94. The topological polar surface area (TPSA) is 15.3 Å². The van der Waals surface area contributed by atoms with Gasteiger partial charge in [0.1, 0.15) is 0 Å². The van der Waals surface area contributed by atoms with Crippen molar-refractivity contribution in [2.75, 3.05) is 24.5 Å². The number of halogens is 1. The molecule has 0 aliphatic carbocycles. The van der Waals surface area contributed by atoms with Crippen molar-refractivity contribution < 1.29 is 0 Å². The van der Waals surface area contributed by atoms with Crippen LogP contribution < -0.4 is 10.2 Å². The third-order valence-corrected chi connectivity index (χ3v) is 5.56. The Kier molecular flexibility index (Phi) is 6.12. The van der Waals surface area contributed by atoms with E-state index in [1.165, 1.54) is 54.5 Å². The minimum atomic E-state index is 0.524. The molecule has 0 aromatic heterocycles. The summed E-state index contributed by atoms with van der Waals surface area (Å²) in [4.78, 5) is 2.60. The zero-order valence-electron chi connectivity index (χ0n) is 13.7. The van der Waals surface area contributed by atoms with Crippen molar-refractivity contribution in [3.05, 3.63) is 28.2 Å². The Morgan fingerprint density at radius 1 is 1.24 bits per heavy atom. The van der Waals surface area contributed by atoms with Crippen molar-refractivity contribution in [1.29, 1.82) is 0 Å². The molecule has 0 bridgehead atoms. The summed E-state index contributed by atoms with van der Waals surface area (Å²) in [7, 11) is 0. The fourth-order valence-electron chi connectivity index (χ4n) is 3.35. The molecule has 1 heterocycles. The molecule has 2 rings (SSSR count). The SMILES string of the molecule is CCCNCc1ccc(Br)cc1N1CCC(CC)(CC)C1. The van der Waals surface area contributed by atoms with E-state index in [2.05, 4.69) is 65.1 Å². The first kappa shape index (κ1) is 16.8. The lowest BCUT2D eigenvalue weighted by molar-refractivity contribution is 0.301. The molecule has 0 unspecified atom stereocenters. The first-order chi connectivity index (χ1) is 10.1. The van der Waals surface area contributed by atoms with Crippen molar-refractivity contribution in [1.82, 2.24) is 5.32 Å². The summed E-state index contributed by atoms with van der Waals surface area (Å²) < 4.78 is 1.18. The Balaban J connectivity index is 2.16. The lowest BCUT2D eigenvalue weighted by atomic mass is 9.82. The maximum Gasteiger partial charge on any atom is 0.0423 e. The maximum atomic E-state index is 3.64. The number of nitrogens with zero attached hydrogens (tertiary/aromatic N) is 1. The lowest BCUT2D eigenvalue weighted by Gasteiger charge is -2.28. The highest BCUT2D eigenvalue weighted by atomic mass is 79.9. The zero-order valence-corrected chi connectivity index (χ0v) is 15.3. The van der Waals surface area contributed by atoms with Gasteiger partial charge in [-0.1, -0.05) is 42.8 Å². The van der Waals surface area contributed by atoms with Gasteiger partial charge in [-0.15, -0.1) is 0 Å². The summed E-state index contributed by atoms with van der Waals surface area (Å²) in [5.74, 6) is 0. The van der Waals surface area contributed by atoms with Gasteiger partial charge in [-0.2, -0.15) is 0 Å². The molecule has 0 spiro atoms. The molecule has 0 saturated carbocycles. The number of hydrogen-bond acceptors (Lipinski definition) is 2. The van der Waals surface area contributed by atoms with Gasteiger partial charge < -0.3 is 10.2 Å². The molecule has 1 N–H and O–H groups in total. The predicted molar refractivity (Wildman–Crippen MR) is 96.0 cm³/mol. The molecule has 1 aromatic rings. The Morgan fingerprint density at radius 3 is 2.62 bits per heavy atom. The van der Waals surface area contributed by atoms with Crippen LogP contribution in [0.15, 0.2) is 22.7 Å². The Morgan fingerprint density at radius 2 is 2.00 bits per heavy atom. The highest BCUT2D eigenvalue weighted by Gasteiger charge is 2.35. The molecule has 1 fully saturated rings. The number of rotatable bonds is 7. The number of hydrogen-bond donors (Lipinski definition) is 1. The molecule has 1 saturated heterocycles. The second kappa shape index (κ2) is 7.64. The van der Waals surface area contributed by atoms with Gasteiger partial charge in [0.2, 0.25) is 0 Å². The van der Waals surface area contributed by atoms with Gasteiger partial charge in [-0.3, -0.25) is 0 Å². The van der Waals surface area contributed by atoms with Crippen molar-refractivity contribution >= 4 is 21.6 Å². The molecule has 1 aromatic carbocycles. The Labute approximate surface area is 138 Å². The molecule has 1 aliphatic rings. The van der Waals surface area contributed by atoms with Crippen LogP contribution in [-0.2, 0) is 6.54 Å². The zero-order chi connectivity index (χ0) is 15.3. The Bertz CT molecular complexity index is 455. The van der Waals surface area contributed by atoms with Gasteiger partial charge in [0.15, 0.2) is 0 Å². The van der Waals surface area contributed by atoms with Crippen LogP contribution in [0.4, 0.5) is 5.69 Å². The predicted octanol–water partition coefficient (Wildman–Crippen LogP) is 4.97. The van der Waals surface area contributed by atoms with E-state index in [1.807, 2.05) is 0 Å². The van der Waals surface area contributed by atoms with Gasteiger partial charge in [-0.05, 0) is 55.3 Å². The number of benzene rings is 1. The maximum absolute atomic E-state index is 3.64. The minimum absolute atomic E-state index is 0.524. The van der Waals surface area contributed by atoms with E-state index in [9.17, 15) is 0 Å². The van der Waals surface area contributed by atoms with Crippen molar-refractivity contribution in [2.24, 2.45) is 5.41 Å². The second-order valence-electron chi connectivity index (χ2n) is 6.33. The van der Waals surface area contributed by atoms with Gasteiger partial charge in [0.25, 0.3) is 0 Å².